The summed E-state index contributed by atoms with van der Waals surface area (Å²) in [7, 11) is 0. The van der Waals surface area contributed by atoms with E-state index in [1.54, 1.807) is 0 Å². The van der Waals surface area contributed by atoms with Crippen LogP contribution in [0.3, 0.4) is 0 Å². The monoisotopic (exact) mass is 914 g/mol. The van der Waals surface area contributed by atoms with E-state index in [0.29, 0.717) is 19.3 Å². The average Bonchev–Trinajstić information content (AvgIpc) is 3.31. The maximum Gasteiger partial charge on any atom is 0.306 e. The fraction of sp³-hybridized carbons (Fsp3) is 0.633. The van der Waals surface area contributed by atoms with Crippen LogP contribution in [0.25, 0.3) is 0 Å². The van der Waals surface area contributed by atoms with Crippen molar-refractivity contribution in [1.82, 2.24) is 5.32 Å². The summed E-state index contributed by atoms with van der Waals surface area (Å²) in [5.41, 5.74) is 0. The smallest absolute Gasteiger partial charge is 0.306 e. The highest BCUT2D eigenvalue weighted by molar-refractivity contribution is 5.77. The zero-order valence-corrected chi connectivity index (χ0v) is 42.5. The number of allylic oxidation sites excluding steroid dienone is 20. The fourth-order valence-electron chi connectivity index (χ4n) is 7.41. The maximum atomic E-state index is 13.2. The van der Waals surface area contributed by atoms with Crippen LogP contribution in [-0.4, -0.2) is 46.9 Å². The first-order valence-corrected chi connectivity index (χ1v) is 26.8. The number of esters is 1. The molecule has 3 unspecified atom stereocenters. The lowest BCUT2D eigenvalue weighted by Gasteiger charge is -2.24. The average molecular weight is 914 g/mol. The lowest BCUT2D eigenvalue weighted by molar-refractivity contribution is -0.150. The lowest BCUT2D eigenvalue weighted by atomic mass is 10.0. The Morgan fingerprint density at radius 1 is 0.470 bits per heavy atom. The number of rotatable bonds is 46. The third-order valence-electron chi connectivity index (χ3n) is 11.4. The van der Waals surface area contributed by atoms with Crippen molar-refractivity contribution >= 4 is 11.9 Å². The van der Waals surface area contributed by atoms with Gasteiger partial charge >= 0.3 is 5.97 Å². The Morgan fingerprint density at radius 3 is 1.39 bits per heavy atom. The molecule has 0 aliphatic heterocycles. The van der Waals surface area contributed by atoms with Crippen molar-refractivity contribution < 1.29 is 24.5 Å². The molecule has 0 fully saturated rings. The Bertz CT molecular complexity index is 1390. The number of hydrogen-bond acceptors (Lipinski definition) is 5. The molecule has 0 saturated heterocycles. The van der Waals surface area contributed by atoms with Gasteiger partial charge in [0.2, 0.25) is 5.91 Å². The second-order valence-electron chi connectivity index (χ2n) is 17.6. The zero-order valence-electron chi connectivity index (χ0n) is 42.5. The van der Waals surface area contributed by atoms with Crippen LogP contribution in [0, 0.1) is 0 Å². The number of unbranched alkanes of at least 4 members (excludes halogenated alkanes) is 17. The van der Waals surface area contributed by atoms with Gasteiger partial charge in [-0.3, -0.25) is 9.59 Å². The first-order valence-electron chi connectivity index (χ1n) is 26.8. The third-order valence-corrected chi connectivity index (χ3v) is 11.4. The van der Waals surface area contributed by atoms with Crippen LogP contribution < -0.4 is 5.32 Å². The normalized spacial score (nSPS) is 14.2. The van der Waals surface area contributed by atoms with Crippen LogP contribution in [0.2, 0.25) is 0 Å². The quantitative estimate of drug-likeness (QED) is 0.0245. The molecule has 0 radical (unpaired) electrons. The first-order chi connectivity index (χ1) is 32.5. The van der Waals surface area contributed by atoms with Crippen LogP contribution >= 0.6 is 0 Å². The maximum absolute atomic E-state index is 13.2. The lowest BCUT2D eigenvalue weighted by Crippen LogP contribution is -2.46. The number of hydrogen-bond donors (Lipinski definition) is 3. The van der Waals surface area contributed by atoms with Gasteiger partial charge in [0.05, 0.1) is 25.2 Å². The van der Waals surface area contributed by atoms with Gasteiger partial charge in [0.15, 0.2) is 0 Å². The van der Waals surface area contributed by atoms with Gasteiger partial charge in [-0.25, -0.2) is 0 Å². The van der Waals surface area contributed by atoms with E-state index >= 15 is 0 Å². The van der Waals surface area contributed by atoms with Crippen molar-refractivity contribution in [2.75, 3.05) is 6.61 Å². The summed E-state index contributed by atoms with van der Waals surface area (Å²) in [6, 6.07) is -0.738. The molecule has 0 aromatic heterocycles. The first kappa shape index (κ1) is 62.3. The van der Waals surface area contributed by atoms with Crippen LogP contribution in [-0.2, 0) is 14.3 Å². The van der Waals surface area contributed by atoms with Crippen LogP contribution in [0.15, 0.2) is 122 Å². The van der Waals surface area contributed by atoms with Crippen molar-refractivity contribution in [3.8, 4) is 0 Å². The second kappa shape index (κ2) is 52.2. The molecule has 0 spiro atoms. The second-order valence-corrected chi connectivity index (χ2v) is 17.6. The SMILES string of the molecule is CC/C=C\C/C=C\C/C=C\C/C=C\C/C=C\C/C=C\CCC(=O)OC(CCCCC\C=C/C=C/C=C/C=C/CC)CC(=O)NC(CO)C(O)CCCCCCCCCCCCCCCCC. The minimum Gasteiger partial charge on any atom is -0.462 e. The molecule has 0 aromatic carbocycles. The third kappa shape index (κ3) is 46.8. The molecular formula is C60H99NO5. The molecule has 0 aromatic rings. The van der Waals surface area contributed by atoms with Crippen LogP contribution in [0.5, 0.6) is 0 Å². The van der Waals surface area contributed by atoms with E-state index in [9.17, 15) is 19.8 Å². The number of ether oxygens (including phenoxy) is 1. The number of carbonyl (C=O) groups excluding carboxylic acids is 2. The van der Waals surface area contributed by atoms with E-state index in [4.69, 9.17) is 4.74 Å². The van der Waals surface area contributed by atoms with E-state index < -0.39 is 18.2 Å². The molecule has 0 rings (SSSR count). The van der Waals surface area contributed by atoms with E-state index in [-0.39, 0.29) is 31.3 Å². The summed E-state index contributed by atoms with van der Waals surface area (Å²) >= 11 is 0. The highest BCUT2D eigenvalue weighted by Gasteiger charge is 2.24. The Kier molecular flexibility index (Phi) is 49.3. The van der Waals surface area contributed by atoms with Gasteiger partial charge in [0, 0.05) is 6.42 Å². The summed E-state index contributed by atoms with van der Waals surface area (Å²) in [4.78, 5) is 26.2. The van der Waals surface area contributed by atoms with Crippen LogP contribution in [0.4, 0.5) is 0 Å². The molecule has 66 heavy (non-hydrogen) atoms. The summed E-state index contributed by atoms with van der Waals surface area (Å²) in [5.74, 6) is -0.624. The van der Waals surface area contributed by atoms with Crippen molar-refractivity contribution in [2.45, 2.75) is 238 Å². The predicted octanol–water partition coefficient (Wildman–Crippen LogP) is 16.5. The molecule has 0 aliphatic rings. The van der Waals surface area contributed by atoms with Gasteiger partial charge in [0.1, 0.15) is 6.10 Å². The topological polar surface area (TPSA) is 95.9 Å². The Hall–Kier alpha value is -3.74. The highest BCUT2D eigenvalue weighted by Crippen LogP contribution is 2.17. The summed E-state index contributed by atoms with van der Waals surface area (Å²) in [6.45, 7) is 6.20. The summed E-state index contributed by atoms with van der Waals surface area (Å²) in [5, 5.41) is 23.8. The Labute approximate surface area is 406 Å². The fourth-order valence-corrected chi connectivity index (χ4v) is 7.41. The molecule has 0 bridgehead atoms. The Morgan fingerprint density at radius 2 is 0.894 bits per heavy atom. The minimum absolute atomic E-state index is 0.0134. The summed E-state index contributed by atoms with van der Waals surface area (Å²) < 4.78 is 5.88. The number of amides is 1. The zero-order chi connectivity index (χ0) is 48.1. The van der Waals surface area contributed by atoms with E-state index in [1.807, 2.05) is 36.5 Å². The molecule has 0 saturated carbocycles. The Balaban J connectivity index is 4.73. The molecule has 374 valence electrons. The molecular weight excluding hydrogens is 815 g/mol. The minimum atomic E-state index is -0.819. The van der Waals surface area contributed by atoms with Gasteiger partial charge in [0.25, 0.3) is 0 Å². The largest absolute Gasteiger partial charge is 0.462 e. The van der Waals surface area contributed by atoms with Crippen molar-refractivity contribution in [2.24, 2.45) is 0 Å². The van der Waals surface area contributed by atoms with E-state index in [2.05, 4.69) is 111 Å². The molecule has 3 atom stereocenters. The van der Waals surface area contributed by atoms with Crippen LogP contribution in [0.1, 0.15) is 220 Å². The predicted molar refractivity (Wildman–Crippen MR) is 286 cm³/mol. The highest BCUT2D eigenvalue weighted by atomic mass is 16.5. The van der Waals surface area contributed by atoms with E-state index in [1.165, 1.54) is 77.0 Å². The van der Waals surface area contributed by atoms with Crippen molar-refractivity contribution in [1.29, 1.82) is 0 Å². The summed E-state index contributed by atoms with van der Waals surface area (Å²) in [6.07, 6.45) is 72.7. The molecule has 3 N–H and O–H groups in total. The molecule has 0 aliphatic carbocycles. The van der Waals surface area contributed by atoms with Gasteiger partial charge < -0.3 is 20.3 Å². The number of carbonyl (C=O) groups is 2. The van der Waals surface area contributed by atoms with Gasteiger partial charge in [-0.1, -0.05) is 245 Å². The molecule has 1 amide bonds. The number of nitrogens with one attached hydrogen (secondary N) is 1. The van der Waals surface area contributed by atoms with Gasteiger partial charge in [-0.2, -0.15) is 0 Å². The molecule has 0 heterocycles. The standard InChI is InChI=1S/C60H99NO5/c1-4-7-10-13-16-19-22-25-27-28-29-30-32-35-38-41-44-47-50-53-60(65)66-56(51-48-45-42-39-36-33-24-21-18-15-12-9-6-3)54-59(64)61-57(55-62)58(63)52-49-46-43-40-37-34-31-26-23-20-17-14-11-8-5-2/h7,9-10,12,15-16,18-19,21,24-25,27,29-30,33,35-36,38,44,47,56-58,62-63H,4-6,8,11,13-14,17,20,22-23,26,28,31-32,34,37,39-43,45-46,48-55H2,1-3H3,(H,61,64)/b10-7-,12-9+,18-15+,19-16-,24-21+,27-25-,30-29-,36-33-,38-35-,47-44-. The van der Waals surface area contributed by atoms with E-state index in [0.717, 1.165) is 89.9 Å². The molecule has 6 nitrogen and oxygen atoms in total. The van der Waals surface area contributed by atoms with Gasteiger partial charge in [-0.15, -0.1) is 0 Å². The number of aliphatic hydroxyl groups excluding tert-OH is 2. The molecule has 6 heteroatoms. The van der Waals surface area contributed by atoms with Gasteiger partial charge in [-0.05, 0) is 83.5 Å². The van der Waals surface area contributed by atoms with Crippen molar-refractivity contribution in [3.63, 3.8) is 0 Å². The number of aliphatic hydroxyl groups is 2. The van der Waals surface area contributed by atoms with Crippen molar-refractivity contribution in [3.05, 3.63) is 122 Å².